The van der Waals surface area contributed by atoms with Gasteiger partial charge in [-0.15, -0.1) is 22.7 Å². The molecule has 0 saturated heterocycles. The van der Waals surface area contributed by atoms with Crippen LogP contribution < -0.4 is 5.32 Å². The number of benzene rings is 1. The van der Waals surface area contributed by atoms with Crippen molar-refractivity contribution in [3.05, 3.63) is 51.7 Å². The normalized spacial score (nSPS) is 14.0. The maximum atomic E-state index is 12.2. The first-order chi connectivity index (χ1) is 10.1. The SMILES string of the molecule is CC(O)(CNC(=O)c1ccc2ncsc2c1)c1cccs1. The average Bonchev–Trinajstić information content (AvgIpc) is 3.14. The third-order valence-corrected chi connectivity index (χ3v) is 5.15. The van der Waals surface area contributed by atoms with Gasteiger partial charge in [-0.3, -0.25) is 4.79 Å². The first-order valence-electron chi connectivity index (χ1n) is 6.44. The molecule has 2 aromatic heterocycles. The minimum absolute atomic E-state index is 0.174. The van der Waals surface area contributed by atoms with E-state index in [1.807, 2.05) is 29.6 Å². The van der Waals surface area contributed by atoms with E-state index >= 15 is 0 Å². The number of hydrogen-bond donors (Lipinski definition) is 2. The van der Waals surface area contributed by atoms with Gasteiger partial charge in [-0.2, -0.15) is 0 Å². The highest BCUT2D eigenvalue weighted by Gasteiger charge is 2.25. The maximum absolute atomic E-state index is 12.2. The molecule has 0 spiro atoms. The lowest BCUT2D eigenvalue weighted by Crippen LogP contribution is -2.38. The van der Waals surface area contributed by atoms with Crippen LogP contribution in [0.5, 0.6) is 0 Å². The highest BCUT2D eigenvalue weighted by Crippen LogP contribution is 2.24. The molecule has 0 aliphatic rings. The number of nitrogens with one attached hydrogen (secondary N) is 1. The van der Waals surface area contributed by atoms with Crippen molar-refractivity contribution in [2.45, 2.75) is 12.5 Å². The fourth-order valence-electron chi connectivity index (χ4n) is 2.02. The summed E-state index contributed by atoms with van der Waals surface area (Å²) in [6.45, 7) is 1.87. The number of hydrogen-bond acceptors (Lipinski definition) is 5. The highest BCUT2D eigenvalue weighted by molar-refractivity contribution is 7.16. The number of thiazole rings is 1. The summed E-state index contributed by atoms with van der Waals surface area (Å²) in [5.74, 6) is -0.192. The van der Waals surface area contributed by atoms with E-state index in [0.717, 1.165) is 15.1 Å². The second-order valence-corrected chi connectivity index (χ2v) is 6.80. The number of amides is 1. The van der Waals surface area contributed by atoms with Crippen molar-refractivity contribution in [3.8, 4) is 0 Å². The lowest BCUT2D eigenvalue weighted by atomic mass is 10.1. The second-order valence-electron chi connectivity index (χ2n) is 4.97. The average molecular weight is 318 g/mol. The molecule has 0 aliphatic carbocycles. The zero-order chi connectivity index (χ0) is 14.9. The molecule has 0 saturated carbocycles. The van der Waals surface area contributed by atoms with Gasteiger partial charge in [0, 0.05) is 10.4 Å². The predicted octanol–water partition coefficient (Wildman–Crippen LogP) is 3.00. The van der Waals surface area contributed by atoms with Crippen molar-refractivity contribution < 1.29 is 9.90 Å². The Labute approximate surface area is 130 Å². The van der Waals surface area contributed by atoms with Crippen molar-refractivity contribution in [3.63, 3.8) is 0 Å². The van der Waals surface area contributed by atoms with Gasteiger partial charge in [0.1, 0.15) is 5.60 Å². The number of carbonyl (C=O) groups is 1. The van der Waals surface area contributed by atoms with E-state index in [-0.39, 0.29) is 12.5 Å². The van der Waals surface area contributed by atoms with Gasteiger partial charge < -0.3 is 10.4 Å². The number of thiophene rings is 1. The molecule has 6 heteroatoms. The summed E-state index contributed by atoms with van der Waals surface area (Å²) in [6.07, 6.45) is 0. The fourth-order valence-corrected chi connectivity index (χ4v) is 3.53. The highest BCUT2D eigenvalue weighted by atomic mass is 32.1. The Bertz CT molecular complexity index is 763. The Balaban J connectivity index is 1.71. The van der Waals surface area contributed by atoms with E-state index < -0.39 is 5.60 Å². The van der Waals surface area contributed by atoms with Gasteiger partial charge in [0.2, 0.25) is 0 Å². The van der Waals surface area contributed by atoms with E-state index in [1.165, 1.54) is 22.7 Å². The van der Waals surface area contributed by atoms with Gasteiger partial charge in [-0.25, -0.2) is 4.98 Å². The Morgan fingerprint density at radius 3 is 3.00 bits per heavy atom. The number of rotatable bonds is 4. The van der Waals surface area contributed by atoms with Gasteiger partial charge in [0.05, 0.1) is 22.3 Å². The van der Waals surface area contributed by atoms with Crippen LogP contribution in [0.3, 0.4) is 0 Å². The van der Waals surface area contributed by atoms with Crippen LogP contribution in [-0.2, 0) is 5.60 Å². The molecule has 1 atom stereocenters. The van der Waals surface area contributed by atoms with Crippen molar-refractivity contribution >= 4 is 38.8 Å². The summed E-state index contributed by atoms with van der Waals surface area (Å²) in [5.41, 5.74) is 2.17. The molecule has 1 aromatic carbocycles. The van der Waals surface area contributed by atoms with Crippen molar-refractivity contribution in [2.75, 3.05) is 6.54 Å². The monoisotopic (exact) mass is 318 g/mol. The topological polar surface area (TPSA) is 62.2 Å². The molecule has 3 rings (SSSR count). The van der Waals surface area contributed by atoms with Crippen LogP contribution >= 0.6 is 22.7 Å². The summed E-state index contributed by atoms with van der Waals surface area (Å²) < 4.78 is 0.979. The zero-order valence-electron chi connectivity index (χ0n) is 11.4. The van der Waals surface area contributed by atoms with Crippen LogP contribution in [0.4, 0.5) is 0 Å². The number of aliphatic hydroxyl groups is 1. The minimum atomic E-state index is -1.06. The maximum Gasteiger partial charge on any atom is 0.251 e. The quantitative estimate of drug-likeness (QED) is 0.777. The van der Waals surface area contributed by atoms with Crippen LogP contribution in [0, 0.1) is 0 Å². The second kappa shape index (κ2) is 5.55. The Hall–Kier alpha value is -1.76. The Kier molecular flexibility index (Phi) is 3.75. The molecule has 4 nitrogen and oxygen atoms in total. The van der Waals surface area contributed by atoms with E-state index in [2.05, 4.69) is 10.3 Å². The van der Waals surface area contributed by atoms with Crippen LogP contribution in [0.25, 0.3) is 10.2 Å². The molecule has 0 radical (unpaired) electrons. The molecule has 2 heterocycles. The lowest BCUT2D eigenvalue weighted by molar-refractivity contribution is 0.0557. The number of aromatic nitrogens is 1. The van der Waals surface area contributed by atoms with Gasteiger partial charge >= 0.3 is 0 Å². The molecule has 21 heavy (non-hydrogen) atoms. The lowest BCUT2D eigenvalue weighted by Gasteiger charge is -2.22. The number of fused-ring (bicyclic) bond motifs is 1. The van der Waals surface area contributed by atoms with Gasteiger partial charge in [0.15, 0.2) is 0 Å². The zero-order valence-corrected chi connectivity index (χ0v) is 13.0. The molecule has 1 amide bonds. The summed E-state index contributed by atoms with van der Waals surface area (Å²) in [4.78, 5) is 17.2. The van der Waals surface area contributed by atoms with E-state index in [0.29, 0.717) is 5.56 Å². The third kappa shape index (κ3) is 2.97. The molecular formula is C15H14N2O2S2. The molecule has 108 valence electrons. The van der Waals surface area contributed by atoms with Crippen LogP contribution in [0.2, 0.25) is 0 Å². The third-order valence-electron chi connectivity index (χ3n) is 3.24. The van der Waals surface area contributed by atoms with E-state index in [1.54, 1.807) is 18.5 Å². The van der Waals surface area contributed by atoms with Crippen molar-refractivity contribution in [1.82, 2.24) is 10.3 Å². The molecule has 0 aliphatic heterocycles. The summed E-state index contributed by atoms with van der Waals surface area (Å²) in [6, 6.07) is 9.14. The molecule has 3 aromatic rings. The number of carbonyl (C=O) groups excluding carboxylic acids is 1. The molecule has 0 fully saturated rings. The summed E-state index contributed by atoms with van der Waals surface area (Å²) >= 11 is 2.97. The van der Waals surface area contributed by atoms with Crippen LogP contribution in [-0.4, -0.2) is 22.5 Å². The molecule has 2 N–H and O–H groups in total. The standard InChI is InChI=1S/C15H14N2O2S2/c1-15(19,13-3-2-6-20-13)8-16-14(18)10-4-5-11-12(7-10)21-9-17-11/h2-7,9,19H,8H2,1H3,(H,16,18). The van der Waals surface area contributed by atoms with Crippen LogP contribution in [0.1, 0.15) is 22.2 Å². The first kappa shape index (κ1) is 14.2. The summed E-state index contributed by atoms with van der Waals surface area (Å²) in [7, 11) is 0. The minimum Gasteiger partial charge on any atom is -0.383 e. The largest absolute Gasteiger partial charge is 0.383 e. The number of nitrogens with zero attached hydrogens (tertiary/aromatic N) is 1. The van der Waals surface area contributed by atoms with E-state index in [9.17, 15) is 9.90 Å². The molecular weight excluding hydrogens is 304 g/mol. The van der Waals surface area contributed by atoms with Gasteiger partial charge in [-0.1, -0.05) is 6.07 Å². The van der Waals surface area contributed by atoms with Crippen LogP contribution in [0.15, 0.2) is 41.2 Å². The predicted molar refractivity (Wildman–Crippen MR) is 85.8 cm³/mol. The Morgan fingerprint density at radius 2 is 2.24 bits per heavy atom. The van der Waals surface area contributed by atoms with Crippen molar-refractivity contribution in [2.24, 2.45) is 0 Å². The molecule has 1 unspecified atom stereocenters. The van der Waals surface area contributed by atoms with Crippen molar-refractivity contribution in [1.29, 1.82) is 0 Å². The smallest absolute Gasteiger partial charge is 0.251 e. The Morgan fingerprint density at radius 1 is 1.38 bits per heavy atom. The first-order valence-corrected chi connectivity index (χ1v) is 8.20. The fraction of sp³-hybridized carbons (Fsp3) is 0.200. The van der Waals surface area contributed by atoms with Gasteiger partial charge in [-0.05, 0) is 36.6 Å². The van der Waals surface area contributed by atoms with E-state index in [4.69, 9.17) is 0 Å². The summed E-state index contributed by atoms with van der Waals surface area (Å²) in [5, 5.41) is 15.1. The molecule has 0 bridgehead atoms. The van der Waals surface area contributed by atoms with Gasteiger partial charge in [0.25, 0.3) is 5.91 Å².